The van der Waals surface area contributed by atoms with Crippen LogP contribution in [0, 0.1) is 6.92 Å². The number of ketones is 1. The first kappa shape index (κ1) is 18.0. The van der Waals surface area contributed by atoms with Crippen LogP contribution in [0.2, 0.25) is 0 Å². The summed E-state index contributed by atoms with van der Waals surface area (Å²) in [7, 11) is 0. The Morgan fingerprint density at radius 2 is 2.05 bits per heavy atom. The Morgan fingerprint density at radius 3 is 2.59 bits per heavy atom. The van der Waals surface area contributed by atoms with E-state index in [4.69, 9.17) is 5.11 Å². The summed E-state index contributed by atoms with van der Waals surface area (Å²) >= 11 is 0. The van der Waals surface area contributed by atoms with Crippen LogP contribution in [0.3, 0.4) is 0 Å². The number of aromatic hydroxyl groups is 1. The lowest BCUT2D eigenvalue weighted by Gasteiger charge is -2.15. The Bertz CT molecular complexity index is 573. The fourth-order valence-corrected chi connectivity index (χ4v) is 1.62. The molecule has 3 N–H and O–H groups in total. The van der Waals surface area contributed by atoms with Gasteiger partial charge in [-0.1, -0.05) is 11.6 Å². The minimum absolute atomic E-state index is 0.00753. The van der Waals surface area contributed by atoms with E-state index in [0.717, 1.165) is 0 Å². The summed E-state index contributed by atoms with van der Waals surface area (Å²) < 4.78 is 50.5. The van der Waals surface area contributed by atoms with Crippen molar-refractivity contribution in [1.82, 2.24) is 5.32 Å². The number of aliphatic hydroxyl groups is 1. The number of halogens is 4. The van der Waals surface area contributed by atoms with Gasteiger partial charge in [0, 0.05) is 23.9 Å². The van der Waals surface area contributed by atoms with Crippen LogP contribution >= 0.6 is 0 Å². The van der Waals surface area contributed by atoms with Crippen molar-refractivity contribution in [1.29, 1.82) is 0 Å². The van der Waals surface area contributed by atoms with Crippen LogP contribution in [0.5, 0.6) is 5.75 Å². The number of hydrogen-bond acceptors (Lipinski definition) is 4. The molecule has 1 rings (SSSR count). The van der Waals surface area contributed by atoms with Crippen LogP contribution in [0.1, 0.15) is 11.1 Å². The molecule has 0 spiro atoms. The number of benzene rings is 1. The van der Waals surface area contributed by atoms with Crippen molar-refractivity contribution in [3.8, 4) is 5.75 Å². The molecule has 0 saturated carbocycles. The van der Waals surface area contributed by atoms with E-state index >= 15 is 0 Å². The highest BCUT2D eigenvalue weighted by Crippen LogP contribution is 2.28. The molecule has 0 aromatic heterocycles. The van der Waals surface area contributed by atoms with Crippen molar-refractivity contribution in [2.24, 2.45) is 0 Å². The predicted molar refractivity (Wildman–Crippen MR) is 71.9 cm³/mol. The average molecular weight is 321 g/mol. The summed E-state index contributed by atoms with van der Waals surface area (Å²) in [6, 6.07) is 4.20. The van der Waals surface area contributed by atoms with Crippen LogP contribution in [0.25, 0.3) is 5.70 Å². The van der Waals surface area contributed by atoms with E-state index in [1.807, 2.05) is 0 Å². The third kappa shape index (κ3) is 4.20. The highest BCUT2D eigenvalue weighted by Gasteiger charge is 2.47. The van der Waals surface area contributed by atoms with E-state index in [1.54, 1.807) is 6.92 Å². The number of carbonyl (C=O) groups is 1. The fraction of sp³-hybridized carbons (Fsp3) is 0.357. The minimum Gasteiger partial charge on any atom is -0.507 e. The zero-order chi connectivity index (χ0) is 16.9. The van der Waals surface area contributed by atoms with Crippen molar-refractivity contribution < 1.29 is 32.6 Å². The second-order valence-electron chi connectivity index (χ2n) is 4.52. The molecule has 0 bridgehead atoms. The first-order valence-electron chi connectivity index (χ1n) is 6.27. The third-order valence-corrected chi connectivity index (χ3v) is 2.75. The van der Waals surface area contributed by atoms with E-state index in [-0.39, 0.29) is 30.2 Å². The van der Waals surface area contributed by atoms with Crippen LogP contribution in [-0.4, -0.2) is 41.5 Å². The molecular formula is C14H15F4NO3. The normalized spacial score (nSPS) is 12.6. The van der Waals surface area contributed by atoms with Gasteiger partial charge in [0.1, 0.15) is 5.75 Å². The standard InChI is InChI=1S/C14H15F4NO3/c1-8-2-3-11(21)9(6-8)10(19-4-5-20)7-12(22)14(17,18)13(15)16/h2-3,6-7,13,19-21H,4-5H2,1H3/b10-7-. The molecule has 0 fully saturated rings. The number of carbonyl (C=O) groups excluding carboxylic acids is 1. The maximum Gasteiger partial charge on any atom is 0.368 e. The number of allylic oxidation sites excluding steroid dienone is 1. The van der Waals surface area contributed by atoms with Crippen molar-refractivity contribution in [2.75, 3.05) is 13.2 Å². The molecule has 0 aliphatic heterocycles. The number of rotatable bonds is 7. The smallest absolute Gasteiger partial charge is 0.368 e. The van der Waals surface area contributed by atoms with Gasteiger partial charge in [-0.15, -0.1) is 0 Å². The largest absolute Gasteiger partial charge is 0.507 e. The predicted octanol–water partition coefficient (Wildman–Crippen LogP) is 2.09. The topological polar surface area (TPSA) is 69.6 Å². The van der Waals surface area contributed by atoms with E-state index < -0.39 is 18.1 Å². The molecule has 0 heterocycles. The maximum absolute atomic E-state index is 13.0. The molecule has 0 amide bonds. The van der Waals surface area contributed by atoms with Crippen molar-refractivity contribution in [3.05, 3.63) is 35.4 Å². The van der Waals surface area contributed by atoms with Gasteiger partial charge < -0.3 is 15.5 Å². The van der Waals surface area contributed by atoms with Crippen molar-refractivity contribution >= 4 is 11.5 Å². The molecule has 0 radical (unpaired) electrons. The molecule has 1 aromatic carbocycles. The van der Waals surface area contributed by atoms with Gasteiger partial charge in [0.15, 0.2) is 0 Å². The highest BCUT2D eigenvalue weighted by molar-refractivity contribution is 6.01. The summed E-state index contributed by atoms with van der Waals surface area (Å²) in [5, 5.41) is 20.9. The molecule has 122 valence electrons. The van der Waals surface area contributed by atoms with Gasteiger partial charge in [-0.3, -0.25) is 4.79 Å². The van der Waals surface area contributed by atoms with Gasteiger partial charge in [0.05, 0.1) is 6.61 Å². The van der Waals surface area contributed by atoms with Gasteiger partial charge in [-0.2, -0.15) is 8.78 Å². The molecule has 8 heteroatoms. The molecule has 0 atom stereocenters. The lowest BCUT2D eigenvalue weighted by atomic mass is 10.0. The van der Waals surface area contributed by atoms with E-state index in [2.05, 4.69) is 5.32 Å². The Labute approximate surface area is 124 Å². The average Bonchev–Trinajstić information content (AvgIpc) is 2.45. The third-order valence-electron chi connectivity index (χ3n) is 2.75. The summed E-state index contributed by atoms with van der Waals surface area (Å²) in [4.78, 5) is 11.4. The zero-order valence-electron chi connectivity index (χ0n) is 11.6. The van der Waals surface area contributed by atoms with E-state index in [9.17, 15) is 27.5 Å². The molecule has 0 unspecified atom stereocenters. The van der Waals surface area contributed by atoms with Crippen LogP contribution in [-0.2, 0) is 4.79 Å². The van der Waals surface area contributed by atoms with Gasteiger partial charge >= 0.3 is 12.3 Å². The van der Waals surface area contributed by atoms with E-state index in [0.29, 0.717) is 11.6 Å². The summed E-state index contributed by atoms with van der Waals surface area (Å²) in [6.07, 6.45) is -3.84. The molecular weight excluding hydrogens is 306 g/mol. The summed E-state index contributed by atoms with van der Waals surface area (Å²) in [5.74, 6) is -7.25. The van der Waals surface area contributed by atoms with Gasteiger partial charge in [-0.25, -0.2) is 8.78 Å². The Balaban J connectivity index is 3.26. The van der Waals surface area contributed by atoms with Gasteiger partial charge in [-0.05, 0) is 19.1 Å². The monoisotopic (exact) mass is 321 g/mol. The first-order valence-corrected chi connectivity index (χ1v) is 6.27. The van der Waals surface area contributed by atoms with Crippen molar-refractivity contribution in [2.45, 2.75) is 19.3 Å². The van der Waals surface area contributed by atoms with Gasteiger partial charge in [0.25, 0.3) is 0 Å². The Morgan fingerprint density at radius 1 is 1.41 bits per heavy atom. The first-order chi connectivity index (χ1) is 10.2. The molecule has 1 aromatic rings. The number of nitrogens with one attached hydrogen (secondary N) is 1. The molecule has 22 heavy (non-hydrogen) atoms. The second kappa shape index (κ2) is 7.26. The summed E-state index contributed by atoms with van der Waals surface area (Å²) in [6.45, 7) is 1.15. The van der Waals surface area contributed by atoms with Crippen LogP contribution < -0.4 is 5.32 Å². The number of alkyl halides is 4. The Hall–Kier alpha value is -2.09. The van der Waals surface area contributed by atoms with Gasteiger partial charge in [0.2, 0.25) is 5.78 Å². The number of aryl methyl sites for hydroxylation is 1. The second-order valence-corrected chi connectivity index (χ2v) is 4.52. The van der Waals surface area contributed by atoms with Crippen LogP contribution in [0.4, 0.5) is 17.6 Å². The molecule has 0 saturated heterocycles. The highest BCUT2D eigenvalue weighted by atomic mass is 19.3. The van der Waals surface area contributed by atoms with E-state index in [1.165, 1.54) is 18.2 Å². The van der Waals surface area contributed by atoms with Crippen LogP contribution in [0.15, 0.2) is 24.3 Å². The number of hydrogen-bond donors (Lipinski definition) is 3. The molecule has 0 aliphatic rings. The maximum atomic E-state index is 13.0. The fourth-order valence-electron chi connectivity index (χ4n) is 1.62. The summed E-state index contributed by atoms with van der Waals surface area (Å²) in [5.41, 5.74) is 0.366. The SMILES string of the molecule is Cc1ccc(O)c(/C(=C/C(=O)C(F)(F)C(F)F)NCCO)c1. The molecule has 4 nitrogen and oxygen atoms in total. The number of phenolic OH excluding ortho intramolecular Hbond substituents is 1. The minimum atomic E-state index is -4.83. The quantitative estimate of drug-likeness (QED) is 0.531. The van der Waals surface area contributed by atoms with Crippen molar-refractivity contribution in [3.63, 3.8) is 0 Å². The Kier molecular flexibility index (Phi) is 5.92. The lowest BCUT2D eigenvalue weighted by Crippen LogP contribution is -2.36. The number of phenols is 1. The lowest BCUT2D eigenvalue weighted by molar-refractivity contribution is -0.161. The molecule has 0 aliphatic carbocycles. The number of aliphatic hydroxyl groups excluding tert-OH is 1. The zero-order valence-corrected chi connectivity index (χ0v) is 11.6.